The first-order chi connectivity index (χ1) is 48.0. The maximum absolute atomic E-state index is 11.3. The molecule has 0 aromatic carbocycles. The van der Waals surface area contributed by atoms with Crippen LogP contribution in [-0.2, 0) is 71.9 Å². The van der Waals surface area contributed by atoms with Crippen molar-refractivity contribution in [3.8, 4) is 0 Å². The Hall–Kier alpha value is -7.25. The van der Waals surface area contributed by atoms with E-state index in [1.165, 1.54) is 175 Å². The molecule has 5 heterocycles. The molecule has 100 heavy (non-hydrogen) atoms. The second-order valence-electron chi connectivity index (χ2n) is 27.2. The number of carbonyl (C=O) groups is 15. The van der Waals surface area contributed by atoms with Crippen LogP contribution in [0.2, 0.25) is 0 Å². The van der Waals surface area contributed by atoms with Gasteiger partial charge >= 0.3 is 0 Å². The molecule has 0 bridgehead atoms. The zero-order valence-electron chi connectivity index (χ0n) is 62.0. The molecule has 0 aromatic heterocycles. The van der Waals surface area contributed by atoms with Gasteiger partial charge in [0.25, 0.3) is 59.1 Å². The van der Waals surface area contributed by atoms with Crippen molar-refractivity contribution in [2.75, 3.05) is 32.7 Å². The number of imide groups is 5. The Morgan fingerprint density at radius 1 is 0.170 bits per heavy atom. The van der Waals surface area contributed by atoms with Crippen molar-refractivity contribution in [3.05, 3.63) is 60.8 Å². The van der Waals surface area contributed by atoms with E-state index in [0.717, 1.165) is 180 Å². The standard InChI is InChI=1S/C18H29NO3.C17H27NO3.C16H25NO3.C15H23NO3.C14H21NO3/c1-16(20)12-10-8-6-4-2-3-5-7-9-11-15-19-17(21)13-14-18(19)22;1-15(19)11-9-7-5-3-2-4-6-8-10-14-18-16(20)12-13-17(18)21;1-14(18)10-8-6-4-2-3-5-7-9-13-17-15(19)11-12-16(17)20;1-13(17)9-7-5-3-2-4-6-8-12-16-14(18)10-11-15(16)19;1-12(16)8-6-4-2-3-5-7-11-15-13(17)9-10-14(15)18/h13-14H,2-12,15H2,1H3;12-13H,2-11,14H2,1H3;11-12H,2-10,13H2,1H3;10-11H,2-9,12H2,1H3;9-10H,2-8,11H2,1H3. The molecule has 0 N–H and O–H groups in total. The van der Waals surface area contributed by atoms with Gasteiger partial charge in [-0.3, -0.25) is 72.4 Å². The van der Waals surface area contributed by atoms with Crippen LogP contribution in [0.4, 0.5) is 0 Å². The topological polar surface area (TPSA) is 272 Å². The van der Waals surface area contributed by atoms with E-state index in [0.29, 0.717) is 63.6 Å². The van der Waals surface area contributed by atoms with Gasteiger partial charge in [-0.2, -0.15) is 0 Å². The molecule has 0 saturated heterocycles. The van der Waals surface area contributed by atoms with Crippen LogP contribution in [0.25, 0.3) is 0 Å². The number of unbranched alkanes of at least 4 members (excludes halogenated alkanes) is 35. The molecule has 0 radical (unpaired) electrons. The summed E-state index contributed by atoms with van der Waals surface area (Å²) in [6, 6.07) is 0. The molecule has 0 aliphatic carbocycles. The largest absolute Gasteiger partial charge is 0.300 e. The summed E-state index contributed by atoms with van der Waals surface area (Å²) in [7, 11) is 0. The predicted molar refractivity (Wildman–Crippen MR) is 390 cm³/mol. The van der Waals surface area contributed by atoms with E-state index in [2.05, 4.69) is 0 Å². The third kappa shape index (κ3) is 48.5. The fourth-order valence-electron chi connectivity index (χ4n) is 11.8. The van der Waals surface area contributed by atoms with Crippen molar-refractivity contribution >= 4 is 88.0 Å². The van der Waals surface area contributed by atoms with Crippen LogP contribution in [0.15, 0.2) is 60.8 Å². The molecule has 0 saturated carbocycles. The van der Waals surface area contributed by atoms with Crippen LogP contribution < -0.4 is 0 Å². The summed E-state index contributed by atoms with van der Waals surface area (Å²) < 4.78 is 0. The highest BCUT2D eigenvalue weighted by Gasteiger charge is 2.26. The average Bonchev–Trinajstić information content (AvgIpc) is 1.79. The van der Waals surface area contributed by atoms with Gasteiger partial charge in [-0.25, -0.2) is 0 Å². The van der Waals surface area contributed by atoms with E-state index < -0.39 is 0 Å². The molecule has 5 aliphatic heterocycles. The lowest BCUT2D eigenvalue weighted by atomic mass is 10.1. The van der Waals surface area contributed by atoms with Crippen LogP contribution in [0.1, 0.15) is 324 Å². The Balaban J connectivity index is 0.000000626. The lowest BCUT2D eigenvalue weighted by molar-refractivity contribution is -0.138. The zero-order chi connectivity index (χ0) is 74.0. The Morgan fingerprint density at radius 3 is 0.360 bits per heavy atom. The maximum Gasteiger partial charge on any atom is 0.253 e. The van der Waals surface area contributed by atoms with Gasteiger partial charge in [0, 0.05) is 126 Å². The fraction of sp³-hybridized carbons (Fsp3) is 0.688. The van der Waals surface area contributed by atoms with Crippen molar-refractivity contribution in [1.29, 1.82) is 0 Å². The number of rotatable bonds is 55. The second kappa shape index (κ2) is 59.4. The smallest absolute Gasteiger partial charge is 0.253 e. The number of Topliss-reactive ketones (excluding diaryl/α,β-unsaturated/α-hetero) is 5. The van der Waals surface area contributed by atoms with E-state index in [9.17, 15) is 71.9 Å². The van der Waals surface area contributed by atoms with Crippen molar-refractivity contribution in [3.63, 3.8) is 0 Å². The summed E-state index contributed by atoms with van der Waals surface area (Å²) in [5.41, 5.74) is 0. The van der Waals surface area contributed by atoms with Gasteiger partial charge in [-0.05, 0) is 98.8 Å². The second-order valence-corrected chi connectivity index (χ2v) is 27.2. The summed E-state index contributed by atoms with van der Waals surface area (Å²) in [5.74, 6) is -0.408. The molecule has 20 nitrogen and oxygen atoms in total. The quantitative estimate of drug-likeness (QED) is 0.0404. The molecule has 5 rings (SSSR count). The van der Waals surface area contributed by atoms with Gasteiger partial charge in [0.1, 0.15) is 28.9 Å². The Bertz CT molecular complexity index is 2620. The summed E-state index contributed by atoms with van der Waals surface area (Å²) in [4.78, 5) is 173. The highest BCUT2D eigenvalue weighted by Crippen LogP contribution is 2.18. The minimum absolute atomic E-state index is 0.172. The van der Waals surface area contributed by atoms with Crippen LogP contribution in [-0.4, -0.2) is 145 Å². The van der Waals surface area contributed by atoms with Crippen LogP contribution >= 0.6 is 0 Å². The Kier molecular flexibility index (Phi) is 53.9. The van der Waals surface area contributed by atoms with Gasteiger partial charge in [0.15, 0.2) is 0 Å². The van der Waals surface area contributed by atoms with E-state index in [4.69, 9.17) is 0 Å². The number of ketones is 5. The lowest BCUT2D eigenvalue weighted by Gasteiger charge is -2.12. The molecule has 20 heteroatoms. The monoisotopic (exact) mass is 1400 g/mol. The van der Waals surface area contributed by atoms with Crippen molar-refractivity contribution in [2.24, 2.45) is 0 Å². The number of hydrogen-bond donors (Lipinski definition) is 0. The Morgan fingerprint density at radius 2 is 0.260 bits per heavy atom. The fourth-order valence-corrected chi connectivity index (χ4v) is 11.8. The number of hydrogen-bond acceptors (Lipinski definition) is 15. The summed E-state index contributed by atoms with van der Waals surface area (Å²) in [5, 5.41) is 0. The zero-order valence-corrected chi connectivity index (χ0v) is 62.0. The van der Waals surface area contributed by atoms with Gasteiger partial charge in [0.05, 0.1) is 0 Å². The first kappa shape index (κ1) is 90.8. The SMILES string of the molecule is CC(=O)CCCCCCCCCCCCN1C(=O)C=CC1=O.CC(=O)CCCCCCCCCCCN1C(=O)C=CC1=O.CC(=O)CCCCCCCCCCN1C(=O)C=CC1=O.CC(=O)CCCCCCCCCN1C(=O)C=CC1=O.CC(=O)CCCCCCCCN1C(=O)C=CC1=O. The highest BCUT2D eigenvalue weighted by molar-refractivity contribution is 6.15. The number of carbonyl (C=O) groups excluding carboxylic acids is 15. The summed E-state index contributed by atoms with van der Waals surface area (Å²) in [6.07, 6.45) is 61.3. The van der Waals surface area contributed by atoms with Crippen molar-refractivity contribution in [1.82, 2.24) is 24.5 Å². The van der Waals surface area contributed by atoms with Gasteiger partial charge < -0.3 is 24.0 Å². The molecular weight excluding hydrogens is 1270 g/mol. The van der Waals surface area contributed by atoms with Crippen LogP contribution in [0, 0.1) is 0 Å². The van der Waals surface area contributed by atoms with E-state index in [1.54, 1.807) is 34.6 Å². The first-order valence-corrected chi connectivity index (χ1v) is 38.2. The molecular formula is C80H125N5O15. The highest BCUT2D eigenvalue weighted by atomic mass is 16.2. The average molecular weight is 1400 g/mol. The normalized spacial score (nSPS) is 14.3. The molecule has 0 unspecified atom stereocenters. The van der Waals surface area contributed by atoms with E-state index in [1.807, 2.05) is 0 Å². The molecule has 0 atom stereocenters. The lowest BCUT2D eigenvalue weighted by Crippen LogP contribution is -2.30. The molecule has 0 spiro atoms. The third-order valence-electron chi connectivity index (χ3n) is 17.8. The minimum atomic E-state index is -0.193. The van der Waals surface area contributed by atoms with Crippen molar-refractivity contribution in [2.45, 2.75) is 324 Å². The third-order valence-corrected chi connectivity index (χ3v) is 17.8. The maximum atomic E-state index is 11.3. The number of amides is 10. The van der Waals surface area contributed by atoms with Crippen molar-refractivity contribution < 1.29 is 71.9 Å². The first-order valence-electron chi connectivity index (χ1n) is 38.2. The van der Waals surface area contributed by atoms with Crippen LogP contribution in [0.5, 0.6) is 0 Å². The van der Waals surface area contributed by atoms with Crippen LogP contribution in [0.3, 0.4) is 0 Å². The van der Waals surface area contributed by atoms with Gasteiger partial charge in [-0.1, -0.05) is 193 Å². The molecule has 0 aromatic rings. The molecule has 10 amide bonds. The minimum Gasteiger partial charge on any atom is -0.300 e. The predicted octanol–water partition coefficient (Wildman–Crippen LogP) is 15.1. The van der Waals surface area contributed by atoms with E-state index >= 15 is 0 Å². The molecule has 5 aliphatic rings. The van der Waals surface area contributed by atoms with Gasteiger partial charge in [-0.15, -0.1) is 0 Å². The molecule has 560 valence electrons. The number of nitrogens with zero attached hydrogens (tertiary/aromatic N) is 5. The van der Waals surface area contributed by atoms with Gasteiger partial charge in [0.2, 0.25) is 0 Å². The molecule has 0 fully saturated rings. The summed E-state index contributed by atoms with van der Waals surface area (Å²) in [6.45, 7) is 10.9. The Labute approximate surface area is 598 Å². The van der Waals surface area contributed by atoms with E-state index in [-0.39, 0.29) is 76.4 Å². The summed E-state index contributed by atoms with van der Waals surface area (Å²) >= 11 is 0.